The van der Waals surface area contributed by atoms with E-state index in [0.29, 0.717) is 0 Å². The molecule has 0 atom stereocenters. The van der Waals surface area contributed by atoms with Gasteiger partial charge in [-0.25, -0.2) is 4.98 Å². The molecular weight excluding hydrogens is 254 g/mol. The molecular formula is C20H23N. The van der Waals surface area contributed by atoms with Crippen LogP contribution >= 0.6 is 0 Å². The molecule has 1 nitrogen and oxygen atoms in total. The highest BCUT2D eigenvalue weighted by Crippen LogP contribution is 2.27. The average Bonchev–Trinajstić information content (AvgIpc) is 2.53. The third-order valence-corrected chi connectivity index (χ3v) is 4.26. The predicted octanol–water partition coefficient (Wildman–Crippen LogP) is 5.70. The van der Waals surface area contributed by atoms with Crippen LogP contribution in [0.2, 0.25) is 0 Å². The molecule has 3 rings (SSSR count). The van der Waals surface area contributed by atoms with Crippen molar-refractivity contribution in [2.24, 2.45) is 0 Å². The summed E-state index contributed by atoms with van der Waals surface area (Å²) in [6, 6.07) is 11.1. The second-order valence-electron chi connectivity index (χ2n) is 6.03. The highest BCUT2D eigenvalue weighted by Gasteiger charge is 2.08. The number of aryl methyl sites for hydroxylation is 1. The van der Waals surface area contributed by atoms with Gasteiger partial charge in [0.15, 0.2) is 0 Å². The number of nitrogens with zero attached hydrogens (tertiary/aromatic N) is 1. The molecule has 0 aliphatic heterocycles. The van der Waals surface area contributed by atoms with Crippen molar-refractivity contribution < 1.29 is 0 Å². The van der Waals surface area contributed by atoms with Crippen molar-refractivity contribution in [3.8, 4) is 0 Å². The fourth-order valence-electron chi connectivity index (χ4n) is 2.85. The standard InChI is InChI=1S/C20H23N/c1-3-4-5-16-8-12-20-18(14-16)11-13-19(21-20)17-9-6-15(2)7-10-17/h6,8-9,11-14H,3-5,7,10H2,1-2H3. The first-order chi connectivity index (χ1) is 10.3. The molecule has 0 bridgehead atoms. The summed E-state index contributed by atoms with van der Waals surface area (Å²) in [5, 5.41) is 1.26. The van der Waals surface area contributed by atoms with Crippen LogP contribution in [0.25, 0.3) is 16.5 Å². The average molecular weight is 277 g/mol. The van der Waals surface area contributed by atoms with Crippen LogP contribution in [0.1, 0.15) is 50.8 Å². The van der Waals surface area contributed by atoms with Crippen molar-refractivity contribution in [2.75, 3.05) is 0 Å². The molecule has 0 fully saturated rings. The summed E-state index contributed by atoms with van der Waals surface area (Å²) in [6.07, 6.45) is 10.4. The highest BCUT2D eigenvalue weighted by atomic mass is 14.7. The molecule has 0 spiro atoms. The monoisotopic (exact) mass is 277 g/mol. The van der Waals surface area contributed by atoms with Gasteiger partial charge in [-0.1, -0.05) is 43.2 Å². The maximum atomic E-state index is 4.85. The lowest BCUT2D eigenvalue weighted by molar-refractivity contribution is 0.796. The van der Waals surface area contributed by atoms with Crippen LogP contribution < -0.4 is 0 Å². The lowest BCUT2D eigenvalue weighted by atomic mass is 9.96. The minimum absolute atomic E-state index is 1.11. The van der Waals surface area contributed by atoms with Gasteiger partial charge in [0.2, 0.25) is 0 Å². The number of rotatable bonds is 4. The van der Waals surface area contributed by atoms with E-state index in [4.69, 9.17) is 4.98 Å². The molecule has 21 heavy (non-hydrogen) atoms. The number of allylic oxidation sites excluding steroid dienone is 4. The summed E-state index contributed by atoms with van der Waals surface area (Å²) in [6.45, 7) is 4.43. The van der Waals surface area contributed by atoms with Gasteiger partial charge in [0.05, 0.1) is 11.2 Å². The van der Waals surface area contributed by atoms with Crippen molar-refractivity contribution in [3.05, 3.63) is 59.3 Å². The van der Waals surface area contributed by atoms with Crippen LogP contribution in [0, 0.1) is 0 Å². The Morgan fingerprint density at radius 2 is 1.95 bits per heavy atom. The SMILES string of the molecule is CCCCc1ccc2nc(C3=CC=C(C)CC3)ccc2c1. The number of unbranched alkanes of at least 4 members (excludes halogenated alkanes) is 1. The van der Waals surface area contributed by atoms with Crippen LogP contribution in [0.5, 0.6) is 0 Å². The number of aromatic nitrogens is 1. The quantitative estimate of drug-likeness (QED) is 0.698. The van der Waals surface area contributed by atoms with Crippen LogP contribution in [0.3, 0.4) is 0 Å². The Morgan fingerprint density at radius 1 is 1.05 bits per heavy atom. The van der Waals surface area contributed by atoms with Gasteiger partial charge in [-0.2, -0.15) is 0 Å². The summed E-state index contributed by atoms with van der Waals surface area (Å²) in [5.41, 5.74) is 6.49. The molecule has 0 N–H and O–H groups in total. The molecule has 1 aliphatic carbocycles. The van der Waals surface area contributed by atoms with Gasteiger partial charge in [0, 0.05) is 5.39 Å². The van der Waals surface area contributed by atoms with E-state index >= 15 is 0 Å². The molecule has 1 heterocycles. The second-order valence-corrected chi connectivity index (χ2v) is 6.03. The maximum Gasteiger partial charge on any atom is 0.0709 e. The van der Waals surface area contributed by atoms with E-state index < -0.39 is 0 Å². The van der Waals surface area contributed by atoms with Crippen LogP contribution in [-0.4, -0.2) is 4.98 Å². The van der Waals surface area contributed by atoms with Gasteiger partial charge in [0.25, 0.3) is 0 Å². The van der Waals surface area contributed by atoms with E-state index in [-0.39, 0.29) is 0 Å². The summed E-state index contributed by atoms with van der Waals surface area (Å²) in [7, 11) is 0. The van der Waals surface area contributed by atoms with Crippen molar-refractivity contribution in [1.82, 2.24) is 4.98 Å². The zero-order valence-electron chi connectivity index (χ0n) is 13.0. The fraction of sp³-hybridized carbons (Fsp3) is 0.350. The van der Waals surface area contributed by atoms with E-state index in [1.54, 1.807) is 0 Å². The number of hydrogen-bond acceptors (Lipinski definition) is 1. The number of benzene rings is 1. The van der Waals surface area contributed by atoms with Gasteiger partial charge in [-0.3, -0.25) is 0 Å². The van der Waals surface area contributed by atoms with E-state index in [9.17, 15) is 0 Å². The van der Waals surface area contributed by atoms with Crippen LogP contribution in [0.15, 0.2) is 48.1 Å². The molecule has 0 saturated heterocycles. The molecule has 1 heteroatoms. The summed E-state index contributed by atoms with van der Waals surface area (Å²) >= 11 is 0. The summed E-state index contributed by atoms with van der Waals surface area (Å²) < 4.78 is 0. The third kappa shape index (κ3) is 3.24. The first-order valence-corrected chi connectivity index (χ1v) is 8.02. The largest absolute Gasteiger partial charge is 0.248 e. The lowest BCUT2D eigenvalue weighted by Crippen LogP contribution is -1.95. The third-order valence-electron chi connectivity index (χ3n) is 4.26. The summed E-state index contributed by atoms with van der Waals surface area (Å²) in [5.74, 6) is 0. The van der Waals surface area contributed by atoms with Crippen LogP contribution in [-0.2, 0) is 6.42 Å². The Balaban J connectivity index is 1.90. The highest BCUT2D eigenvalue weighted by molar-refractivity contribution is 5.82. The second kappa shape index (κ2) is 6.26. The molecule has 0 saturated carbocycles. The molecule has 2 aromatic rings. The number of fused-ring (bicyclic) bond motifs is 1. The Morgan fingerprint density at radius 3 is 2.71 bits per heavy atom. The van der Waals surface area contributed by atoms with E-state index in [1.165, 1.54) is 41.4 Å². The van der Waals surface area contributed by atoms with Crippen molar-refractivity contribution >= 4 is 16.5 Å². The predicted molar refractivity (Wildman–Crippen MR) is 91.3 cm³/mol. The molecule has 0 unspecified atom stereocenters. The molecule has 1 aromatic carbocycles. The molecule has 0 radical (unpaired) electrons. The Hall–Kier alpha value is -1.89. The fourth-order valence-corrected chi connectivity index (χ4v) is 2.85. The topological polar surface area (TPSA) is 12.9 Å². The van der Waals surface area contributed by atoms with Crippen molar-refractivity contribution in [1.29, 1.82) is 0 Å². The molecule has 108 valence electrons. The zero-order chi connectivity index (χ0) is 14.7. The van der Waals surface area contributed by atoms with Gasteiger partial charge >= 0.3 is 0 Å². The maximum absolute atomic E-state index is 4.85. The molecule has 0 amide bonds. The first-order valence-electron chi connectivity index (χ1n) is 8.02. The Kier molecular flexibility index (Phi) is 4.19. The lowest BCUT2D eigenvalue weighted by Gasteiger charge is -2.12. The van der Waals surface area contributed by atoms with Gasteiger partial charge in [-0.05, 0) is 61.9 Å². The number of hydrogen-bond donors (Lipinski definition) is 0. The van der Waals surface area contributed by atoms with Crippen LogP contribution in [0.4, 0.5) is 0 Å². The van der Waals surface area contributed by atoms with Gasteiger partial charge < -0.3 is 0 Å². The molecule has 1 aliphatic rings. The van der Waals surface area contributed by atoms with Gasteiger partial charge in [-0.15, -0.1) is 0 Å². The van der Waals surface area contributed by atoms with E-state index in [1.807, 2.05) is 0 Å². The van der Waals surface area contributed by atoms with E-state index in [0.717, 1.165) is 24.1 Å². The normalized spacial score (nSPS) is 15.0. The van der Waals surface area contributed by atoms with Gasteiger partial charge in [0.1, 0.15) is 0 Å². The Bertz CT molecular complexity index is 707. The van der Waals surface area contributed by atoms with Crippen molar-refractivity contribution in [3.63, 3.8) is 0 Å². The Labute approximate surface area is 127 Å². The number of pyridine rings is 1. The summed E-state index contributed by atoms with van der Waals surface area (Å²) in [4.78, 5) is 4.85. The molecule has 1 aromatic heterocycles. The smallest absolute Gasteiger partial charge is 0.0709 e. The minimum atomic E-state index is 1.11. The van der Waals surface area contributed by atoms with Crippen molar-refractivity contribution in [2.45, 2.75) is 46.0 Å². The minimum Gasteiger partial charge on any atom is -0.248 e. The zero-order valence-corrected chi connectivity index (χ0v) is 13.0. The van der Waals surface area contributed by atoms with E-state index in [2.05, 4.69) is 56.3 Å². The first kappa shape index (κ1) is 14.1.